The number of hydrogen-bond donors (Lipinski definition) is 1. The van der Waals surface area contributed by atoms with E-state index in [0.29, 0.717) is 17.8 Å². The lowest BCUT2D eigenvalue weighted by Crippen LogP contribution is -2.44. The second-order valence-electron chi connectivity index (χ2n) is 6.13. The van der Waals surface area contributed by atoms with E-state index < -0.39 is 0 Å². The van der Waals surface area contributed by atoms with Gasteiger partial charge in [0.1, 0.15) is 5.75 Å². The number of benzene rings is 1. The highest BCUT2D eigenvalue weighted by atomic mass is 35.5. The van der Waals surface area contributed by atoms with Crippen LogP contribution in [0.4, 0.5) is 0 Å². The Morgan fingerprint density at radius 1 is 1.14 bits per heavy atom. The predicted octanol–water partition coefficient (Wildman–Crippen LogP) is 3.43. The number of rotatable bonds is 4. The summed E-state index contributed by atoms with van der Waals surface area (Å²) in [5.74, 6) is 2.05. The van der Waals surface area contributed by atoms with Gasteiger partial charge >= 0.3 is 0 Å². The van der Waals surface area contributed by atoms with Crippen molar-refractivity contribution in [2.45, 2.75) is 50.2 Å². The summed E-state index contributed by atoms with van der Waals surface area (Å²) >= 11 is 0. The summed E-state index contributed by atoms with van der Waals surface area (Å²) in [5, 5.41) is 4.04. The molecule has 2 saturated carbocycles. The van der Waals surface area contributed by atoms with Gasteiger partial charge in [0.2, 0.25) is 0 Å². The molecule has 2 N–H and O–H groups in total. The molecule has 1 aromatic carbocycles. The minimum Gasteiger partial charge on any atom is -0.490 e. The molecule has 118 valence electrons. The fourth-order valence-corrected chi connectivity index (χ4v) is 2.68. The summed E-state index contributed by atoms with van der Waals surface area (Å²) in [6.45, 7) is 0. The zero-order valence-corrected chi connectivity index (χ0v) is 13.1. The molecule has 0 aliphatic heterocycles. The molecule has 0 bridgehead atoms. The van der Waals surface area contributed by atoms with Crippen molar-refractivity contribution in [3.8, 4) is 17.2 Å². The monoisotopic (exact) mass is 321 g/mol. The van der Waals surface area contributed by atoms with Crippen LogP contribution in [0.1, 0.15) is 44.3 Å². The molecule has 0 amide bonds. The van der Waals surface area contributed by atoms with E-state index >= 15 is 0 Å². The molecule has 1 heterocycles. The van der Waals surface area contributed by atoms with E-state index in [1.54, 1.807) is 0 Å². The molecular formula is C16H20ClN3O2. The minimum absolute atomic E-state index is 0. The van der Waals surface area contributed by atoms with Crippen LogP contribution in [0.15, 0.2) is 28.8 Å². The summed E-state index contributed by atoms with van der Waals surface area (Å²) in [4.78, 5) is 4.45. The zero-order chi connectivity index (χ0) is 14.3. The molecule has 2 aliphatic carbocycles. The molecule has 0 radical (unpaired) electrons. The van der Waals surface area contributed by atoms with E-state index in [9.17, 15) is 0 Å². The molecule has 2 fully saturated rings. The normalized spacial score (nSPS) is 19.7. The van der Waals surface area contributed by atoms with Gasteiger partial charge in [-0.1, -0.05) is 5.16 Å². The van der Waals surface area contributed by atoms with Gasteiger partial charge in [-0.2, -0.15) is 4.98 Å². The second-order valence-corrected chi connectivity index (χ2v) is 6.13. The maximum Gasteiger partial charge on any atom is 0.257 e. The predicted molar refractivity (Wildman–Crippen MR) is 85.0 cm³/mol. The first-order chi connectivity index (χ1) is 10.2. The number of nitrogens with zero attached hydrogens (tertiary/aromatic N) is 2. The van der Waals surface area contributed by atoms with Crippen molar-refractivity contribution in [2.24, 2.45) is 5.73 Å². The van der Waals surface area contributed by atoms with Gasteiger partial charge in [-0.05, 0) is 62.8 Å². The number of halogens is 1. The molecule has 0 spiro atoms. The fraction of sp³-hybridized carbons (Fsp3) is 0.500. The van der Waals surface area contributed by atoms with Crippen molar-refractivity contribution in [3.05, 3.63) is 30.1 Å². The van der Waals surface area contributed by atoms with Gasteiger partial charge in [0.15, 0.2) is 5.82 Å². The molecule has 5 nitrogen and oxygen atoms in total. The van der Waals surface area contributed by atoms with Crippen LogP contribution < -0.4 is 10.5 Å². The lowest BCUT2D eigenvalue weighted by atomic mass is 9.77. The molecule has 0 saturated heterocycles. The average Bonchev–Trinajstić information content (AvgIpc) is 2.91. The van der Waals surface area contributed by atoms with Gasteiger partial charge in [0, 0.05) is 5.56 Å². The highest BCUT2D eigenvalue weighted by Crippen LogP contribution is 2.37. The number of nitrogens with two attached hydrogens (primary N) is 1. The van der Waals surface area contributed by atoms with Crippen LogP contribution in [-0.2, 0) is 5.54 Å². The number of hydrogen-bond acceptors (Lipinski definition) is 5. The Morgan fingerprint density at radius 2 is 1.86 bits per heavy atom. The molecule has 4 rings (SSSR count). The number of aromatic nitrogens is 2. The molecule has 0 unspecified atom stereocenters. The van der Waals surface area contributed by atoms with Crippen LogP contribution in [0.25, 0.3) is 11.5 Å². The minimum atomic E-state index is -0.380. The first-order valence-corrected chi connectivity index (χ1v) is 7.63. The van der Waals surface area contributed by atoms with Crippen molar-refractivity contribution < 1.29 is 9.26 Å². The van der Waals surface area contributed by atoms with Gasteiger partial charge < -0.3 is 15.0 Å². The lowest BCUT2D eigenvalue weighted by molar-refractivity contribution is 0.120. The fourth-order valence-electron chi connectivity index (χ4n) is 2.68. The zero-order valence-electron chi connectivity index (χ0n) is 12.3. The van der Waals surface area contributed by atoms with Crippen LogP contribution in [0.2, 0.25) is 0 Å². The summed E-state index contributed by atoms with van der Waals surface area (Å²) in [6, 6.07) is 7.82. The van der Waals surface area contributed by atoms with Crippen molar-refractivity contribution in [1.82, 2.24) is 10.1 Å². The Bertz CT molecular complexity index is 633. The van der Waals surface area contributed by atoms with Gasteiger partial charge in [-0.3, -0.25) is 0 Å². The molecule has 22 heavy (non-hydrogen) atoms. The lowest BCUT2D eigenvalue weighted by Gasteiger charge is -2.34. The second kappa shape index (κ2) is 5.89. The Kier molecular flexibility index (Phi) is 4.10. The van der Waals surface area contributed by atoms with Gasteiger partial charge in [0.05, 0.1) is 11.6 Å². The smallest absolute Gasteiger partial charge is 0.257 e. The Labute approximate surface area is 135 Å². The average molecular weight is 322 g/mol. The first kappa shape index (κ1) is 15.3. The van der Waals surface area contributed by atoms with E-state index in [0.717, 1.165) is 43.4 Å². The maximum atomic E-state index is 6.21. The van der Waals surface area contributed by atoms with E-state index in [1.165, 1.54) is 6.42 Å². The van der Waals surface area contributed by atoms with E-state index in [4.69, 9.17) is 15.0 Å². The van der Waals surface area contributed by atoms with Crippen molar-refractivity contribution >= 4 is 12.4 Å². The SMILES string of the molecule is Cl.NC1(c2noc(-c3ccc(OC4CCC4)cc3)n2)CCC1. The molecule has 1 aromatic heterocycles. The van der Waals surface area contributed by atoms with E-state index in [-0.39, 0.29) is 17.9 Å². The molecule has 6 heteroatoms. The van der Waals surface area contributed by atoms with Crippen LogP contribution in [0.3, 0.4) is 0 Å². The van der Waals surface area contributed by atoms with Gasteiger partial charge in [-0.25, -0.2) is 0 Å². The highest BCUT2D eigenvalue weighted by molar-refractivity contribution is 5.85. The molecule has 2 aromatic rings. The maximum absolute atomic E-state index is 6.21. The summed E-state index contributed by atoms with van der Waals surface area (Å²) in [5.41, 5.74) is 6.73. The molecule has 0 atom stereocenters. The highest BCUT2D eigenvalue weighted by Gasteiger charge is 2.39. The van der Waals surface area contributed by atoms with Crippen LogP contribution in [-0.4, -0.2) is 16.2 Å². The summed E-state index contributed by atoms with van der Waals surface area (Å²) in [7, 11) is 0. The Balaban J connectivity index is 0.00000144. The molecule has 2 aliphatic rings. The van der Waals surface area contributed by atoms with E-state index in [1.807, 2.05) is 24.3 Å². The topological polar surface area (TPSA) is 74.2 Å². The molecular weight excluding hydrogens is 302 g/mol. The first-order valence-electron chi connectivity index (χ1n) is 7.63. The van der Waals surface area contributed by atoms with Crippen LogP contribution in [0.5, 0.6) is 5.75 Å². The van der Waals surface area contributed by atoms with Gasteiger partial charge in [-0.15, -0.1) is 12.4 Å². The largest absolute Gasteiger partial charge is 0.490 e. The van der Waals surface area contributed by atoms with Crippen molar-refractivity contribution in [2.75, 3.05) is 0 Å². The van der Waals surface area contributed by atoms with Crippen molar-refractivity contribution in [3.63, 3.8) is 0 Å². The Hall–Kier alpha value is -1.59. The summed E-state index contributed by atoms with van der Waals surface area (Å²) < 4.78 is 11.2. The third-order valence-electron chi connectivity index (χ3n) is 4.57. The van der Waals surface area contributed by atoms with Gasteiger partial charge in [0.25, 0.3) is 5.89 Å². The third-order valence-corrected chi connectivity index (χ3v) is 4.57. The van der Waals surface area contributed by atoms with Crippen LogP contribution in [0, 0.1) is 0 Å². The quantitative estimate of drug-likeness (QED) is 0.933. The van der Waals surface area contributed by atoms with Crippen LogP contribution >= 0.6 is 12.4 Å². The Morgan fingerprint density at radius 3 is 2.41 bits per heavy atom. The number of ether oxygens (including phenoxy) is 1. The standard InChI is InChI=1S/C16H19N3O2.ClH/c17-16(9-2-10-16)15-18-14(21-19-15)11-5-7-13(8-6-11)20-12-3-1-4-12;/h5-8,12H,1-4,9-10,17H2;1H. The van der Waals surface area contributed by atoms with Crippen molar-refractivity contribution in [1.29, 1.82) is 0 Å². The summed E-state index contributed by atoms with van der Waals surface area (Å²) in [6.07, 6.45) is 6.98. The third kappa shape index (κ3) is 2.71. The van der Waals surface area contributed by atoms with E-state index in [2.05, 4.69) is 10.1 Å².